The number of H-pyrrole nitrogens is 1. The van der Waals surface area contributed by atoms with E-state index in [9.17, 15) is 14.4 Å². The van der Waals surface area contributed by atoms with Crippen LogP contribution in [0.1, 0.15) is 31.2 Å². The molecule has 0 atom stereocenters. The number of hydrogen-bond acceptors (Lipinski definition) is 5. The number of hydrogen-bond donors (Lipinski definition) is 2. The maximum Gasteiger partial charge on any atom is 0.349 e. The fourth-order valence-electron chi connectivity index (χ4n) is 2.42. The van der Waals surface area contributed by atoms with E-state index in [4.69, 9.17) is 10.3 Å². The first-order valence-electron chi connectivity index (χ1n) is 6.63. The molecule has 3 rings (SSSR count). The molecule has 7 heteroatoms. The lowest BCUT2D eigenvalue weighted by Gasteiger charge is -2.05. The van der Waals surface area contributed by atoms with Gasteiger partial charge in [0.1, 0.15) is 5.39 Å². The van der Waals surface area contributed by atoms with Crippen LogP contribution in [0.3, 0.4) is 0 Å². The molecule has 2 aromatic rings. The molecule has 2 aromatic heterocycles. The zero-order valence-corrected chi connectivity index (χ0v) is 10.8. The molecular weight excluding hydrogens is 262 g/mol. The van der Waals surface area contributed by atoms with E-state index in [2.05, 4.69) is 4.98 Å². The number of nitrogens with two attached hydrogens (primary N) is 1. The van der Waals surface area contributed by atoms with E-state index < -0.39 is 16.9 Å². The van der Waals surface area contributed by atoms with Crippen molar-refractivity contribution in [2.45, 2.75) is 32.1 Å². The van der Waals surface area contributed by atoms with E-state index in [0.29, 0.717) is 16.7 Å². The van der Waals surface area contributed by atoms with Crippen LogP contribution in [0.25, 0.3) is 11.1 Å². The quantitative estimate of drug-likeness (QED) is 0.769. The highest BCUT2D eigenvalue weighted by molar-refractivity contribution is 5.75. The number of nitrogens with one attached hydrogen (secondary N) is 1. The Morgan fingerprint density at radius 1 is 1.35 bits per heavy atom. The SMILES string of the molecule is Nn1c(=O)[nH]c2oc(=O)cc(CCCC3CC3)c2c1=O. The minimum absolute atomic E-state index is 0.101. The van der Waals surface area contributed by atoms with Crippen LogP contribution < -0.4 is 22.7 Å². The number of rotatable bonds is 4. The van der Waals surface area contributed by atoms with Gasteiger partial charge in [-0.15, -0.1) is 0 Å². The molecule has 0 spiro atoms. The molecule has 0 unspecified atom stereocenters. The summed E-state index contributed by atoms with van der Waals surface area (Å²) in [6.45, 7) is 0. The van der Waals surface area contributed by atoms with E-state index in [1.54, 1.807) is 0 Å². The Morgan fingerprint density at radius 3 is 2.80 bits per heavy atom. The summed E-state index contributed by atoms with van der Waals surface area (Å²) in [5, 5.41) is 0.183. The normalized spacial score (nSPS) is 14.8. The van der Waals surface area contributed by atoms with Crippen LogP contribution in [0.5, 0.6) is 0 Å². The van der Waals surface area contributed by atoms with Crippen molar-refractivity contribution in [3.05, 3.63) is 42.9 Å². The highest BCUT2D eigenvalue weighted by Gasteiger charge is 2.21. The molecule has 0 aliphatic heterocycles. The maximum atomic E-state index is 12.0. The first-order chi connectivity index (χ1) is 9.56. The molecule has 0 radical (unpaired) electrons. The first-order valence-corrected chi connectivity index (χ1v) is 6.63. The van der Waals surface area contributed by atoms with E-state index in [-0.39, 0.29) is 11.1 Å². The van der Waals surface area contributed by atoms with Crippen LogP contribution in [-0.4, -0.2) is 9.66 Å². The van der Waals surface area contributed by atoms with Crippen molar-refractivity contribution < 1.29 is 4.42 Å². The zero-order chi connectivity index (χ0) is 14.3. The Kier molecular flexibility index (Phi) is 2.96. The van der Waals surface area contributed by atoms with Gasteiger partial charge in [0, 0.05) is 6.07 Å². The smallest absolute Gasteiger partial charge is 0.349 e. The Hall–Kier alpha value is -2.31. The van der Waals surface area contributed by atoms with Gasteiger partial charge in [0.05, 0.1) is 0 Å². The van der Waals surface area contributed by atoms with Gasteiger partial charge >= 0.3 is 11.3 Å². The van der Waals surface area contributed by atoms with Crippen LogP contribution >= 0.6 is 0 Å². The minimum Gasteiger partial charge on any atom is -0.405 e. The third-order valence-electron chi connectivity index (χ3n) is 3.67. The molecule has 1 aliphatic rings. The van der Waals surface area contributed by atoms with Crippen molar-refractivity contribution in [2.75, 3.05) is 5.84 Å². The largest absolute Gasteiger partial charge is 0.405 e. The summed E-state index contributed by atoms with van der Waals surface area (Å²) >= 11 is 0. The molecule has 0 bridgehead atoms. The maximum absolute atomic E-state index is 12.0. The molecule has 1 saturated carbocycles. The predicted molar refractivity (Wildman–Crippen MR) is 73.2 cm³/mol. The summed E-state index contributed by atoms with van der Waals surface area (Å²) in [6, 6.07) is 1.30. The van der Waals surface area contributed by atoms with Gasteiger partial charge in [0.15, 0.2) is 0 Å². The van der Waals surface area contributed by atoms with Crippen molar-refractivity contribution in [1.82, 2.24) is 9.66 Å². The van der Waals surface area contributed by atoms with Gasteiger partial charge in [-0.25, -0.2) is 9.59 Å². The van der Waals surface area contributed by atoms with Gasteiger partial charge in [0.2, 0.25) is 5.71 Å². The molecular formula is C13H15N3O4. The van der Waals surface area contributed by atoms with Crippen molar-refractivity contribution in [1.29, 1.82) is 0 Å². The second-order valence-corrected chi connectivity index (χ2v) is 5.24. The lowest BCUT2D eigenvalue weighted by Crippen LogP contribution is -2.41. The molecule has 3 N–H and O–H groups in total. The number of aryl methyl sites for hydroxylation is 1. The topological polar surface area (TPSA) is 111 Å². The number of nitrogens with zero attached hydrogens (tertiary/aromatic N) is 1. The summed E-state index contributed by atoms with van der Waals surface area (Å²) in [5.41, 5.74) is -1.55. The fraction of sp³-hybridized carbons (Fsp3) is 0.462. The molecule has 106 valence electrons. The number of nitrogen functional groups attached to an aromatic ring is 1. The molecule has 2 heterocycles. The van der Waals surface area contributed by atoms with Crippen molar-refractivity contribution in [3.8, 4) is 0 Å². The third kappa shape index (κ3) is 2.26. The lowest BCUT2D eigenvalue weighted by molar-refractivity contribution is 0.540. The average Bonchev–Trinajstić information content (AvgIpc) is 3.19. The summed E-state index contributed by atoms with van der Waals surface area (Å²) in [5.74, 6) is 6.17. The monoisotopic (exact) mass is 277 g/mol. The molecule has 7 nitrogen and oxygen atoms in total. The zero-order valence-electron chi connectivity index (χ0n) is 10.8. The Bertz CT molecular complexity index is 826. The molecule has 20 heavy (non-hydrogen) atoms. The average molecular weight is 277 g/mol. The van der Waals surface area contributed by atoms with Gasteiger partial charge in [0.25, 0.3) is 5.56 Å². The van der Waals surface area contributed by atoms with E-state index in [1.165, 1.54) is 18.9 Å². The molecule has 0 amide bonds. The molecule has 0 saturated heterocycles. The van der Waals surface area contributed by atoms with Gasteiger partial charge in [-0.1, -0.05) is 19.3 Å². The van der Waals surface area contributed by atoms with Gasteiger partial charge < -0.3 is 10.3 Å². The number of aromatic amines is 1. The van der Waals surface area contributed by atoms with Gasteiger partial charge in [-0.2, -0.15) is 4.68 Å². The van der Waals surface area contributed by atoms with E-state index in [1.807, 2.05) is 0 Å². The second kappa shape index (κ2) is 4.66. The van der Waals surface area contributed by atoms with E-state index in [0.717, 1.165) is 18.8 Å². The summed E-state index contributed by atoms with van der Waals surface area (Å²) in [6.07, 6.45) is 5.11. The standard InChI is InChI=1S/C13H15N3O4/c14-16-12(18)10-8(3-1-2-7-4-5-7)6-9(17)20-11(10)15-13(16)19/h6-7H,1-5,14H2,(H,15,19). The second-order valence-electron chi connectivity index (χ2n) is 5.24. The number of fused-ring (bicyclic) bond motifs is 1. The molecule has 0 aromatic carbocycles. The van der Waals surface area contributed by atoms with Crippen molar-refractivity contribution in [2.24, 2.45) is 5.92 Å². The van der Waals surface area contributed by atoms with Crippen LogP contribution in [0.4, 0.5) is 0 Å². The first kappa shape index (κ1) is 12.7. The highest BCUT2D eigenvalue weighted by Crippen LogP contribution is 2.33. The highest BCUT2D eigenvalue weighted by atomic mass is 16.4. The molecule has 1 aliphatic carbocycles. The van der Waals surface area contributed by atoms with Crippen LogP contribution in [0, 0.1) is 5.92 Å². The minimum atomic E-state index is -0.805. The van der Waals surface area contributed by atoms with Crippen molar-refractivity contribution >= 4 is 11.1 Å². The van der Waals surface area contributed by atoms with Crippen LogP contribution in [0.15, 0.2) is 24.9 Å². The Labute approximate surface area is 113 Å². The summed E-state index contributed by atoms with van der Waals surface area (Å²) < 4.78 is 5.37. The predicted octanol–water partition coefficient (Wildman–Crippen LogP) is 0.0895. The summed E-state index contributed by atoms with van der Waals surface area (Å²) in [4.78, 5) is 37.3. The van der Waals surface area contributed by atoms with Gasteiger partial charge in [-0.05, 0) is 24.3 Å². The third-order valence-corrected chi connectivity index (χ3v) is 3.67. The Morgan fingerprint density at radius 2 is 2.10 bits per heavy atom. The fourth-order valence-corrected chi connectivity index (χ4v) is 2.42. The lowest BCUT2D eigenvalue weighted by atomic mass is 10.1. The number of aromatic nitrogens is 2. The van der Waals surface area contributed by atoms with Gasteiger partial charge in [-0.3, -0.25) is 9.78 Å². The van der Waals surface area contributed by atoms with Crippen molar-refractivity contribution in [3.63, 3.8) is 0 Å². The molecule has 1 fully saturated rings. The van der Waals surface area contributed by atoms with Crippen LogP contribution in [0.2, 0.25) is 0 Å². The van der Waals surface area contributed by atoms with E-state index >= 15 is 0 Å². The Balaban J connectivity index is 2.09. The summed E-state index contributed by atoms with van der Waals surface area (Å²) in [7, 11) is 0. The van der Waals surface area contributed by atoms with Crippen LogP contribution in [-0.2, 0) is 6.42 Å².